The summed E-state index contributed by atoms with van der Waals surface area (Å²) >= 11 is 0. The number of ether oxygens (including phenoxy) is 1. The van der Waals surface area contributed by atoms with E-state index >= 15 is 0 Å². The Morgan fingerprint density at radius 2 is 2.31 bits per heavy atom. The fraction of sp³-hybridized carbons (Fsp3) is 0.583. The quantitative estimate of drug-likeness (QED) is 0.796. The van der Waals surface area contributed by atoms with Crippen LogP contribution in [0.3, 0.4) is 0 Å². The molecule has 0 spiro atoms. The number of aromatic nitrogens is 1. The Morgan fingerprint density at radius 1 is 1.56 bits per heavy atom. The second-order valence-electron chi connectivity index (χ2n) is 3.95. The van der Waals surface area contributed by atoms with Gasteiger partial charge in [-0.15, -0.1) is 0 Å². The van der Waals surface area contributed by atoms with E-state index < -0.39 is 0 Å². The number of nitrogens with zero attached hydrogens (tertiary/aromatic N) is 2. The van der Waals surface area contributed by atoms with Crippen molar-refractivity contribution in [3.05, 3.63) is 18.3 Å². The van der Waals surface area contributed by atoms with E-state index in [1.807, 2.05) is 33.0 Å². The highest BCUT2D eigenvalue weighted by atomic mass is 16.5. The van der Waals surface area contributed by atoms with E-state index in [9.17, 15) is 0 Å². The summed E-state index contributed by atoms with van der Waals surface area (Å²) in [4.78, 5) is 6.41. The molecule has 4 heteroatoms. The van der Waals surface area contributed by atoms with Crippen LogP contribution in [-0.4, -0.2) is 31.2 Å². The minimum absolute atomic E-state index is 0.210. The number of hydrogen-bond donors (Lipinski definition) is 1. The molecule has 16 heavy (non-hydrogen) atoms. The lowest BCUT2D eigenvalue weighted by molar-refractivity contribution is 0.339. The van der Waals surface area contributed by atoms with Crippen LogP contribution in [0.2, 0.25) is 0 Å². The molecule has 1 unspecified atom stereocenters. The third-order valence-electron chi connectivity index (χ3n) is 2.33. The van der Waals surface area contributed by atoms with Crippen molar-refractivity contribution < 1.29 is 4.74 Å². The van der Waals surface area contributed by atoms with Gasteiger partial charge >= 0.3 is 0 Å². The van der Waals surface area contributed by atoms with Crippen LogP contribution >= 0.6 is 0 Å². The Balaban J connectivity index is 2.69. The Morgan fingerprint density at radius 3 is 2.94 bits per heavy atom. The van der Waals surface area contributed by atoms with Crippen LogP contribution in [0.1, 0.15) is 20.3 Å². The molecule has 1 atom stereocenters. The van der Waals surface area contributed by atoms with Crippen molar-refractivity contribution in [1.82, 2.24) is 4.98 Å². The Bertz CT molecular complexity index is 315. The van der Waals surface area contributed by atoms with Gasteiger partial charge in [-0.1, -0.05) is 0 Å². The fourth-order valence-corrected chi connectivity index (χ4v) is 1.44. The number of pyridine rings is 1. The largest absolute Gasteiger partial charge is 0.490 e. The molecule has 2 N–H and O–H groups in total. The zero-order valence-electron chi connectivity index (χ0n) is 10.3. The molecule has 0 aromatic carbocycles. The van der Waals surface area contributed by atoms with Crippen molar-refractivity contribution in [2.45, 2.75) is 26.3 Å². The molecule has 0 aliphatic heterocycles. The van der Waals surface area contributed by atoms with E-state index in [1.165, 1.54) is 0 Å². The average Bonchev–Trinajstić information content (AvgIpc) is 2.27. The van der Waals surface area contributed by atoms with Crippen molar-refractivity contribution in [1.29, 1.82) is 0 Å². The molecule has 0 saturated carbocycles. The van der Waals surface area contributed by atoms with E-state index in [1.54, 1.807) is 6.20 Å². The first kappa shape index (κ1) is 12.8. The lowest BCUT2D eigenvalue weighted by atomic mass is 10.2. The van der Waals surface area contributed by atoms with Gasteiger partial charge in [0.1, 0.15) is 0 Å². The van der Waals surface area contributed by atoms with Crippen LogP contribution < -0.4 is 15.4 Å². The molecule has 0 aliphatic carbocycles. The third kappa shape index (κ3) is 3.70. The number of nitrogens with two attached hydrogens (primary N) is 1. The summed E-state index contributed by atoms with van der Waals surface area (Å²) in [6.45, 7) is 5.52. The van der Waals surface area contributed by atoms with Crippen molar-refractivity contribution in [2.75, 3.05) is 25.1 Å². The smallest absolute Gasteiger partial charge is 0.171 e. The minimum Gasteiger partial charge on any atom is -0.490 e. The van der Waals surface area contributed by atoms with Gasteiger partial charge in [-0.25, -0.2) is 4.98 Å². The molecular formula is C12H21N3O. The predicted octanol–water partition coefficient (Wildman–Crippen LogP) is 1.65. The van der Waals surface area contributed by atoms with Crippen LogP contribution in [0, 0.1) is 0 Å². The Hall–Kier alpha value is -1.29. The fourth-order valence-electron chi connectivity index (χ4n) is 1.44. The first-order chi connectivity index (χ1) is 7.65. The molecule has 1 aromatic rings. The number of anilines is 1. The van der Waals surface area contributed by atoms with Crippen LogP contribution in [0.15, 0.2) is 18.3 Å². The van der Waals surface area contributed by atoms with Gasteiger partial charge in [0.2, 0.25) is 0 Å². The van der Waals surface area contributed by atoms with Gasteiger partial charge in [0.25, 0.3) is 0 Å². The molecule has 0 bridgehead atoms. The zero-order valence-corrected chi connectivity index (χ0v) is 10.3. The highest BCUT2D eigenvalue weighted by molar-refractivity contribution is 5.51. The highest BCUT2D eigenvalue weighted by Gasteiger charge is 2.09. The standard InChI is InChI=1S/C12H21N3O/c1-4-16-11-6-5-8-14-12(11)15(3)9-7-10(2)13/h5-6,8,10H,4,7,9,13H2,1-3H3. The summed E-state index contributed by atoms with van der Waals surface area (Å²) in [6.07, 6.45) is 2.72. The van der Waals surface area contributed by atoms with Crippen LogP contribution in [-0.2, 0) is 0 Å². The lowest BCUT2D eigenvalue weighted by Gasteiger charge is -2.21. The van der Waals surface area contributed by atoms with Gasteiger partial charge in [-0.2, -0.15) is 0 Å². The van der Waals surface area contributed by atoms with Gasteiger partial charge in [-0.05, 0) is 32.4 Å². The van der Waals surface area contributed by atoms with E-state index in [0.29, 0.717) is 6.61 Å². The van der Waals surface area contributed by atoms with Crippen molar-refractivity contribution in [3.63, 3.8) is 0 Å². The van der Waals surface area contributed by atoms with Crippen LogP contribution in [0.5, 0.6) is 5.75 Å². The van der Waals surface area contributed by atoms with Gasteiger partial charge in [0, 0.05) is 25.8 Å². The summed E-state index contributed by atoms with van der Waals surface area (Å²) in [6, 6.07) is 4.03. The molecule has 0 fully saturated rings. The molecule has 0 saturated heterocycles. The molecule has 1 aromatic heterocycles. The number of rotatable bonds is 6. The Labute approximate surface area is 97.4 Å². The Kier molecular flexibility index (Phi) is 5.05. The topological polar surface area (TPSA) is 51.4 Å². The first-order valence-electron chi connectivity index (χ1n) is 5.69. The molecule has 90 valence electrons. The van der Waals surface area contributed by atoms with Crippen molar-refractivity contribution in [3.8, 4) is 5.75 Å². The molecule has 0 radical (unpaired) electrons. The SMILES string of the molecule is CCOc1cccnc1N(C)CCC(C)N. The highest BCUT2D eigenvalue weighted by Crippen LogP contribution is 2.24. The molecule has 1 rings (SSSR count). The van der Waals surface area contributed by atoms with Crippen LogP contribution in [0.25, 0.3) is 0 Å². The van der Waals surface area contributed by atoms with E-state index in [-0.39, 0.29) is 6.04 Å². The van der Waals surface area contributed by atoms with Crippen molar-refractivity contribution in [2.24, 2.45) is 5.73 Å². The van der Waals surface area contributed by atoms with Gasteiger partial charge < -0.3 is 15.4 Å². The summed E-state index contributed by atoms with van der Waals surface area (Å²) < 4.78 is 5.53. The first-order valence-corrected chi connectivity index (χ1v) is 5.69. The maximum absolute atomic E-state index is 5.74. The van der Waals surface area contributed by atoms with Gasteiger partial charge in [0.15, 0.2) is 11.6 Å². The van der Waals surface area contributed by atoms with Gasteiger partial charge in [-0.3, -0.25) is 0 Å². The maximum Gasteiger partial charge on any atom is 0.171 e. The second-order valence-corrected chi connectivity index (χ2v) is 3.95. The second kappa shape index (κ2) is 6.33. The average molecular weight is 223 g/mol. The van der Waals surface area contributed by atoms with E-state index in [2.05, 4.69) is 9.88 Å². The molecule has 0 amide bonds. The lowest BCUT2D eigenvalue weighted by Crippen LogP contribution is -2.26. The molecular weight excluding hydrogens is 202 g/mol. The van der Waals surface area contributed by atoms with E-state index in [0.717, 1.165) is 24.5 Å². The molecule has 0 aliphatic rings. The summed E-state index contributed by atoms with van der Waals surface area (Å²) in [5.74, 6) is 1.71. The normalized spacial score (nSPS) is 12.2. The van der Waals surface area contributed by atoms with E-state index in [4.69, 9.17) is 10.5 Å². The monoisotopic (exact) mass is 223 g/mol. The zero-order chi connectivity index (χ0) is 12.0. The summed E-state index contributed by atoms with van der Waals surface area (Å²) in [5, 5.41) is 0. The van der Waals surface area contributed by atoms with Crippen LogP contribution in [0.4, 0.5) is 5.82 Å². The van der Waals surface area contributed by atoms with Crippen molar-refractivity contribution >= 4 is 5.82 Å². The molecule has 4 nitrogen and oxygen atoms in total. The predicted molar refractivity (Wildman–Crippen MR) is 66.9 cm³/mol. The molecule has 1 heterocycles. The maximum atomic E-state index is 5.74. The summed E-state index contributed by atoms with van der Waals surface area (Å²) in [7, 11) is 2.01. The number of hydrogen-bond acceptors (Lipinski definition) is 4. The minimum atomic E-state index is 0.210. The summed E-state index contributed by atoms with van der Waals surface area (Å²) in [5.41, 5.74) is 5.74. The van der Waals surface area contributed by atoms with Gasteiger partial charge in [0.05, 0.1) is 6.61 Å². The third-order valence-corrected chi connectivity index (χ3v) is 2.33.